The molecule has 0 atom stereocenters. The Bertz CT molecular complexity index is 991. The van der Waals surface area contributed by atoms with E-state index in [1.807, 2.05) is 77.4 Å². The summed E-state index contributed by atoms with van der Waals surface area (Å²) in [6.07, 6.45) is -4.39. The van der Waals surface area contributed by atoms with Crippen LogP contribution in [0.5, 0.6) is 0 Å². The monoisotopic (exact) mass is 363 g/mol. The van der Waals surface area contributed by atoms with Gasteiger partial charge in [-0.05, 0) is 41.5 Å². The molecule has 3 aromatic carbocycles. The molecule has 0 amide bonds. The van der Waals surface area contributed by atoms with E-state index in [1.54, 1.807) is 6.07 Å². The van der Waals surface area contributed by atoms with Gasteiger partial charge in [0, 0.05) is 5.69 Å². The van der Waals surface area contributed by atoms with Crippen LogP contribution >= 0.6 is 0 Å². The molecule has 0 aliphatic carbocycles. The molecular weight excluding hydrogens is 347 g/mol. The second kappa shape index (κ2) is 6.80. The Morgan fingerprint density at radius 3 is 1.56 bits per heavy atom. The van der Waals surface area contributed by atoms with E-state index in [1.165, 1.54) is 12.1 Å². The number of hydrogen-bond acceptors (Lipinski definition) is 0. The average molecular weight is 363 g/mol. The van der Waals surface area contributed by atoms with Crippen LogP contribution in [0.15, 0.2) is 97.1 Å². The summed E-state index contributed by atoms with van der Waals surface area (Å²) in [5.41, 5.74) is 3.39. The first-order valence-corrected chi connectivity index (χ1v) is 8.54. The van der Waals surface area contributed by atoms with Crippen molar-refractivity contribution in [2.24, 2.45) is 0 Å². The lowest BCUT2D eigenvalue weighted by molar-refractivity contribution is -0.137. The number of rotatable bonds is 3. The highest BCUT2D eigenvalue weighted by Crippen LogP contribution is 2.35. The Morgan fingerprint density at radius 2 is 1.07 bits per heavy atom. The van der Waals surface area contributed by atoms with E-state index >= 15 is 0 Å². The van der Waals surface area contributed by atoms with Gasteiger partial charge in [0.25, 0.3) is 0 Å². The molecule has 0 aliphatic rings. The first-order chi connectivity index (χ1) is 13.0. The Balaban J connectivity index is 1.96. The predicted molar refractivity (Wildman–Crippen MR) is 102 cm³/mol. The van der Waals surface area contributed by atoms with Crippen molar-refractivity contribution < 1.29 is 13.2 Å². The van der Waals surface area contributed by atoms with Crippen LogP contribution in [-0.4, -0.2) is 4.57 Å². The van der Waals surface area contributed by atoms with Crippen molar-refractivity contribution in [1.82, 2.24) is 4.57 Å². The number of benzene rings is 3. The van der Waals surface area contributed by atoms with Crippen molar-refractivity contribution in [2.75, 3.05) is 0 Å². The molecule has 0 saturated heterocycles. The molecule has 0 radical (unpaired) electrons. The number of nitrogens with zero attached hydrogens (tertiary/aromatic N) is 1. The van der Waals surface area contributed by atoms with Crippen LogP contribution in [0.1, 0.15) is 5.56 Å². The summed E-state index contributed by atoms with van der Waals surface area (Å²) in [6, 6.07) is 28.6. The normalized spacial score (nSPS) is 11.5. The molecule has 1 heterocycles. The van der Waals surface area contributed by atoms with Crippen LogP contribution in [0, 0.1) is 0 Å². The summed E-state index contributed by atoms with van der Waals surface area (Å²) in [4.78, 5) is 0. The van der Waals surface area contributed by atoms with Crippen LogP contribution in [0.4, 0.5) is 13.2 Å². The van der Waals surface area contributed by atoms with E-state index in [0.29, 0.717) is 5.69 Å². The molecule has 4 heteroatoms. The van der Waals surface area contributed by atoms with Gasteiger partial charge in [0.15, 0.2) is 0 Å². The molecule has 0 bridgehead atoms. The molecule has 0 unspecified atom stereocenters. The molecule has 4 rings (SSSR count). The fraction of sp³-hybridized carbons (Fsp3) is 0.0435. The van der Waals surface area contributed by atoms with Crippen LogP contribution in [0.3, 0.4) is 0 Å². The highest BCUT2D eigenvalue weighted by Gasteiger charge is 2.30. The molecule has 0 fully saturated rings. The molecule has 27 heavy (non-hydrogen) atoms. The molecule has 1 nitrogen and oxygen atoms in total. The second-order valence-corrected chi connectivity index (χ2v) is 6.22. The molecular formula is C23H16F3N. The van der Waals surface area contributed by atoms with Crippen LogP contribution < -0.4 is 0 Å². The minimum Gasteiger partial charge on any atom is -0.309 e. The van der Waals surface area contributed by atoms with Crippen LogP contribution in [0.2, 0.25) is 0 Å². The van der Waals surface area contributed by atoms with Gasteiger partial charge in [0.2, 0.25) is 0 Å². The van der Waals surface area contributed by atoms with Crippen molar-refractivity contribution in [3.05, 3.63) is 103 Å². The summed E-state index contributed by atoms with van der Waals surface area (Å²) >= 11 is 0. The minimum absolute atomic E-state index is 0.479. The van der Waals surface area contributed by atoms with E-state index in [4.69, 9.17) is 0 Å². The number of alkyl halides is 3. The maximum Gasteiger partial charge on any atom is 0.416 e. The van der Waals surface area contributed by atoms with Gasteiger partial charge < -0.3 is 4.57 Å². The van der Waals surface area contributed by atoms with Gasteiger partial charge in [-0.1, -0.05) is 66.7 Å². The van der Waals surface area contributed by atoms with Gasteiger partial charge in [0.1, 0.15) is 0 Å². The third-order valence-corrected chi connectivity index (χ3v) is 4.45. The van der Waals surface area contributed by atoms with Crippen molar-refractivity contribution in [1.29, 1.82) is 0 Å². The van der Waals surface area contributed by atoms with Gasteiger partial charge in [0.05, 0.1) is 17.0 Å². The number of halogens is 3. The van der Waals surface area contributed by atoms with Crippen molar-refractivity contribution >= 4 is 0 Å². The zero-order valence-electron chi connectivity index (χ0n) is 14.3. The highest BCUT2D eigenvalue weighted by atomic mass is 19.4. The zero-order valence-corrected chi connectivity index (χ0v) is 14.3. The Hall–Kier alpha value is -3.27. The van der Waals surface area contributed by atoms with Gasteiger partial charge in [-0.25, -0.2) is 0 Å². The summed E-state index contributed by atoms with van der Waals surface area (Å²) < 4.78 is 41.6. The lowest BCUT2D eigenvalue weighted by Gasteiger charge is -2.16. The Kier molecular flexibility index (Phi) is 4.32. The van der Waals surface area contributed by atoms with Crippen molar-refractivity contribution in [3.8, 4) is 28.2 Å². The maximum absolute atomic E-state index is 13.2. The average Bonchev–Trinajstić information content (AvgIpc) is 3.14. The first kappa shape index (κ1) is 17.2. The number of aromatic nitrogens is 1. The molecule has 0 N–H and O–H groups in total. The number of hydrogen-bond donors (Lipinski definition) is 0. The van der Waals surface area contributed by atoms with E-state index in [2.05, 4.69) is 0 Å². The van der Waals surface area contributed by atoms with Crippen LogP contribution in [0.25, 0.3) is 28.2 Å². The fourth-order valence-electron chi connectivity index (χ4n) is 3.20. The third kappa shape index (κ3) is 3.38. The first-order valence-electron chi connectivity index (χ1n) is 8.54. The van der Waals surface area contributed by atoms with Gasteiger partial charge in [-0.15, -0.1) is 0 Å². The molecule has 4 aromatic rings. The summed E-state index contributed by atoms with van der Waals surface area (Å²) in [5, 5.41) is 0. The second-order valence-electron chi connectivity index (χ2n) is 6.22. The fourth-order valence-corrected chi connectivity index (χ4v) is 3.20. The Labute approximate surface area is 155 Å². The quantitative estimate of drug-likeness (QED) is 0.376. The van der Waals surface area contributed by atoms with E-state index in [0.717, 1.165) is 28.6 Å². The predicted octanol–water partition coefficient (Wildman–Crippen LogP) is 6.83. The summed E-state index contributed by atoms with van der Waals surface area (Å²) in [5.74, 6) is 0. The lowest BCUT2D eigenvalue weighted by Crippen LogP contribution is -2.07. The SMILES string of the molecule is FC(F)(F)c1cccc(-n2c(-c3ccccc3)ccc2-c2ccccc2)c1. The topological polar surface area (TPSA) is 4.93 Å². The highest BCUT2D eigenvalue weighted by molar-refractivity contribution is 5.73. The lowest BCUT2D eigenvalue weighted by atomic mass is 10.1. The van der Waals surface area contributed by atoms with Crippen molar-refractivity contribution in [2.45, 2.75) is 6.18 Å². The smallest absolute Gasteiger partial charge is 0.309 e. The van der Waals surface area contributed by atoms with E-state index < -0.39 is 11.7 Å². The summed E-state index contributed by atoms with van der Waals surface area (Å²) in [7, 11) is 0. The van der Waals surface area contributed by atoms with E-state index in [9.17, 15) is 13.2 Å². The van der Waals surface area contributed by atoms with E-state index in [-0.39, 0.29) is 0 Å². The molecule has 0 aliphatic heterocycles. The van der Waals surface area contributed by atoms with Crippen LogP contribution in [-0.2, 0) is 6.18 Å². The molecule has 0 saturated carbocycles. The van der Waals surface area contributed by atoms with Gasteiger partial charge in [-0.3, -0.25) is 0 Å². The minimum atomic E-state index is -4.39. The molecule has 0 spiro atoms. The largest absolute Gasteiger partial charge is 0.416 e. The molecule has 134 valence electrons. The molecule has 1 aromatic heterocycles. The Morgan fingerprint density at radius 1 is 0.556 bits per heavy atom. The van der Waals surface area contributed by atoms with Crippen molar-refractivity contribution in [3.63, 3.8) is 0 Å². The standard InChI is InChI=1S/C23H16F3N/c24-23(25,26)19-12-7-13-20(16-19)27-21(17-8-3-1-4-9-17)14-15-22(27)18-10-5-2-6-11-18/h1-16H. The maximum atomic E-state index is 13.2. The zero-order chi connectivity index (χ0) is 18.9. The summed E-state index contributed by atoms with van der Waals surface area (Å²) in [6.45, 7) is 0. The van der Waals surface area contributed by atoms with Gasteiger partial charge in [-0.2, -0.15) is 13.2 Å². The third-order valence-electron chi connectivity index (χ3n) is 4.45. The van der Waals surface area contributed by atoms with Gasteiger partial charge >= 0.3 is 6.18 Å².